The summed E-state index contributed by atoms with van der Waals surface area (Å²) in [4.78, 5) is 12.1. The van der Waals surface area contributed by atoms with Crippen LogP contribution in [0, 0.1) is 0 Å². The van der Waals surface area contributed by atoms with E-state index in [1.54, 1.807) is 4.99 Å². The van der Waals surface area contributed by atoms with Gasteiger partial charge in [0.2, 0.25) is 0 Å². The molecular formula is C8H11BrO2. The second-order valence-corrected chi connectivity index (χ2v) is 2.82. The van der Waals surface area contributed by atoms with Crippen LogP contribution in [0.2, 0.25) is 0 Å². The van der Waals surface area contributed by atoms with Gasteiger partial charge in [0.1, 0.15) is 0 Å². The second kappa shape index (κ2) is 5.13. The van der Waals surface area contributed by atoms with E-state index in [0.717, 1.165) is 12.0 Å². The summed E-state index contributed by atoms with van der Waals surface area (Å²) in [6.45, 7) is 5.35. The Hall–Kier alpha value is -0.570. The van der Waals surface area contributed by atoms with E-state index in [2.05, 4.69) is 22.5 Å². The van der Waals surface area contributed by atoms with Crippen molar-refractivity contribution in [3.63, 3.8) is 0 Å². The van der Waals surface area contributed by atoms with Gasteiger partial charge in [-0.1, -0.05) is 28.1 Å². The maximum Gasteiger partial charge on any atom is 0.330 e. The van der Waals surface area contributed by atoms with Crippen LogP contribution in [0.15, 0.2) is 22.7 Å². The third kappa shape index (κ3) is 4.79. The fourth-order valence-corrected chi connectivity index (χ4v) is 0.738. The SMILES string of the molecule is C=C(CC/C(C)=C/Br)C(=O)O. The molecule has 0 saturated carbocycles. The quantitative estimate of drug-likeness (QED) is 0.738. The van der Waals surface area contributed by atoms with Gasteiger partial charge in [0.25, 0.3) is 0 Å². The number of allylic oxidation sites excluding steroid dienone is 1. The van der Waals surface area contributed by atoms with Crippen LogP contribution in [0.25, 0.3) is 0 Å². The predicted octanol–water partition coefficient (Wildman–Crippen LogP) is 2.71. The zero-order valence-electron chi connectivity index (χ0n) is 6.43. The first-order chi connectivity index (χ1) is 5.07. The van der Waals surface area contributed by atoms with Gasteiger partial charge in [-0.05, 0) is 24.8 Å². The first-order valence-corrected chi connectivity index (χ1v) is 4.16. The average molecular weight is 219 g/mol. The first kappa shape index (κ1) is 10.4. The molecule has 0 fully saturated rings. The van der Waals surface area contributed by atoms with Crippen LogP contribution >= 0.6 is 15.9 Å². The second-order valence-electron chi connectivity index (χ2n) is 2.36. The highest BCUT2D eigenvalue weighted by Gasteiger charge is 2.02. The monoisotopic (exact) mass is 218 g/mol. The van der Waals surface area contributed by atoms with Gasteiger partial charge in [-0.3, -0.25) is 0 Å². The van der Waals surface area contributed by atoms with Gasteiger partial charge < -0.3 is 5.11 Å². The molecule has 1 N–H and O–H groups in total. The Balaban J connectivity index is 3.72. The van der Waals surface area contributed by atoms with Crippen molar-refractivity contribution in [3.8, 4) is 0 Å². The first-order valence-electron chi connectivity index (χ1n) is 3.25. The lowest BCUT2D eigenvalue weighted by Crippen LogP contribution is -1.98. The van der Waals surface area contributed by atoms with Crippen molar-refractivity contribution >= 4 is 21.9 Å². The van der Waals surface area contributed by atoms with E-state index < -0.39 is 5.97 Å². The number of carboxylic acid groups (broad SMARTS) is 1. The summed E-state index contributed by atoms with van der Waals surface area (Å²) in [6.07, 6.45) is 1.26. The number of carbonyl (C=O) groups is 1. The highest BCUT2D eigenvalue weighted by atomic mass is 79.9. The molecule has 11 heavy (non-hydrogen) atoms. The number of carboxylic acids is 1. The minimum Gasteiger partial charge on any atom is -0.478 e. The number of hydrogen-bond acceptors (Lipinski definition) is 1. The van der Waals surface area contributed by atoms with E-state index in [9.17, 15) is 4.79 Å². The van der Waals surface area contributed by atoms with Crippen molar-refractivity contribution in [1.82, 2.24) is 0 Å². The highest BCUT2D eigenvalue weighted by Crippen LogP contribution is 2.10. The molecule has 3 heteroatoms. The van der Waals surface area contributed by atoms with Gasteiger partial charge in [-0.25, -0.2) is 4.79 Å². The fraction of sp³-hybridized carbons (Fsp3) is 0.375. The standard InChI is InChI=1S/C8H11BrO2/c1-6(5-9)3-4-7(2)8(10)11/h5H,2-4H2,1H3,(H,10,11)/b6-5+. The molecule has 0 atom stereocenters. The number of aliphatic carboxylic acids is 1. The van der Waals surface area contributed by atoms with Gasteiger partial charge in [0, 0.05) is 5.57 Å². The van der Waals surface area contributed by atoms with Gasteiger partial charge in [0.05, 0.1) is 0 Å². The molecule has 0 aliphatic rings. The zero-order valence-corrected chi connectivity index (χ0v) is 8.02. The summed E-state index contributed by atoms with van der Waals surface area (Å²) in [5.74, 6) is -0.910. The van der Waals surface area contributed by atoms with E-state index in [-0.39, 0.29) is 5.57 Å². The molecule has 0 aromatic heterocycles. The maximum atomic E-state index is 10.3. The minimum atomic E-state index is -0.910. The lowest BCUT2D eigenvalue weighted by atomic mass is 10.1. The highest BCUT2D eigenvalue weighted by molar-refractivity contribution is 9.11. The topological polar surface area (TPSA) is 37.3 Å². The van der Waals surface area contributed by atoms with Gasteiger partial charge in [0.15, 0.2) is 0 Å². The molecule has 0 radical (unpaired) electrons. The molecule has 0 aromatic carbocycles. The maximum absolute atomic E-state index is 10.3. The molecule has 0 aromatic rings. The molecule has 0 amide bonds. The Morgan fingerprint density at radius 3 is 2.55 bits per heavy atom. The largest absolute Gasteiger partial charge is 0.478 e. The van der Waals surface area contributed by atoms with E-state index in [1.165, 1.54) is 0 Å². The van der Waals surface area contributed by atoms with E-state index in [0.29, 0.717) is 6.42 Å². The van der Waals surface area contributed by atoms with Gasteiger partial charge in [-0.15, -0.1) is 0 Å². The number of halogens is 1. The Morgan fingerprint density at radius 1 is 1.64 bits per heavy atom. The minimum absolute atomic E-state index is 0.263. The van der Waals surface area contributed by atoms with Gasteiger partial charge in [-0.2, -0.15) is 0 Å². The van der Waals surface area contributed by atoms with Crippen LogP contribution in [0.1, 0.15) is 19.8 Å². The predicted molar refractivity (Wildman–Crippen MR) is 48.7 cm³/mol. The molecule has 0 saturated heterocycles. The molecule has 0 spiro atoms. The number of hydrogen-bond donors (Lipinski definition) is 1. The molecule has 0 aliphatic heterocycles. The van der Waals surface area contributed by atoms with Crippen molar-refractivity contribution in [2.75, 3.05) is 0 Å². The third-order valence-electron chi connectivity index (χ3n) is 1.31. The van der Waals surface area contributed by atoms with Crippen molar-refractivity contribution in [2.45, 2.75) is 19.8 Å². The lowest BCUT2D eigenvalue weighted by molar-refractivity contribution is -0.132. The third-order valence-corrected chi connectivity index (χ3v) is 2.09. The summed E-state index contributed by atoms with van der Waals surface area (Å²) < 4.78 is 0. The smallest absolute Gasteiger partial charge is 0.330 e. The van der Waals surface area contributed by atoms with E-state index >= 15 is 0 Å². The van der Waals surface area contributed by atoms with Crippen LogP contribution in [0.5, 0.6) is 0 Å². The molecule has 0 rings (SSSR count). The zero-order chi connectivity index (χ0) is 8.85. The molecule has 62 valence electrons. The molecule has 0 heterocycles. The Labute approximate surface area is 74.7 Å². The van der Waals surface area contributed by atoms with Crippen molar-refractivity contribution in [2.24, 2.45) is 0 Å². The Kier molecular flexibility index (Phi) is 4.86. The summed E-state index contributed by atoms with van der Waals surface area (Å²) in [5, 5.41) is 8.44. The van der Waals surface area contributed by atoms with Crippen molar-refractivity contribution in [3.05, 3.63) is 22.7 Å². The average Bonchev–Trinajstić information content (AvgIpc) is 1.99. The van der Waals surface area contributed by atoms with Crippen LogP contribution in [0.3, 0.4) is 0 Å². The van der Waals surface area contributed by atoms with Crippen LogP contribution in [0.4, 0.5) is 0 Å². The summed E-state index contributed by atoms with van der Waals surface area (Å²) >= 11 is 3.16. The van der Waals surface area contributed by atoms with Gasteiger partial charge >= 0.3 is 5.97 Å². The summed E-state index contributed by atoms with van der Waals surface area (Å²) in [5.41, 5.74) is 1.38. The van der Waals surface area contributed by atoms with Crippen molar-refractivity contribution < 1.29 is 9.90 Å². The molecule has 0 bridgehead atoms. The van der Waals surface area contributed by atoms with Crippen molar-refractivity contribution in [1.29, 1.82) is 0 Å². The summed E-state index contributed by atoms with van der Waals surface area (Å²) in [6, 6.07) is 0. The summed E-state index contributed by atoms with van der Waals surface area (Å²) in [7, 11) is 0. The lowest BCUT2D eigenvalue weighted by Gasteiger charge is -1.98. The molecular weight excluding hydrogens is 208 g/mol. The van der Waals surface area contributed by atoms with Crippen LogP contribution in [-0.2, 0) is 4.79 Å². The van der Waals surface area contributed by atoms with Crippen LogP contribution < -0.4 is 0 Å². The number of rotatable bonds is 4. The van der Waals surface area contributed by atoms with Crippen LogP contribution in [-0.4, -0.2) is 11.1 Å². The molecule has 0 aliphatic carbocycles. The molecule has 2 nitrogen and oxygen atoms in total. The molecule has 0 unspecified atom stereocenters. The van der Waals surface area contributed by atoms with E-state index in [1.807, 2.05) is 6.92 Å². The normalized spacial score (nSPS) is 11.3. The fourth-order valence-electron chi connectivity index (χ4n) is 0.510. The van der Waals surface area contributed by atoms with E-state index in [4.69, 9.17) is 5.11 Å². The Bertz CT molecular complexity index is 194. The Morgan fingerprint density at radius 2 is 2.18 bits per heavy atom.